The van der Waals surface area contributed by atoms with Crippen molar-refractivity contribution in [2.75, 3.05) is 66.0 Å². The molecule has 5 aliphatic heterocycles. The van der Waals surface area contributed by atoms with Gasteiger partial charge in [-0.1, -0.05) is 44.2 Å². The second-order valence-electron chi connectivity index (χ2n) is 19.8. The van der Waals surface area contributed by atoms with Crippen LogP contribution in [0.2, 0.25) is 0 Å². The number of esters is 3. The van der Waals surface area contributed by atoms with Crippen molar-refractivity contribution in [3.05, 3.63) is 70.9 Å². The average molecular weight is 961 g/mol. The number of aliphatic hydroxyl groups is 4. The Morgan fingerprint density at radius 1 is 0.884 bits per heavy atom. The molecule has 69 heavy (non-hydrogen) atoms. The van der Waals surface area contributed by atoms with E-state index in [0.717, 1.165) is 33.4 Å². The summed E-state index contributed by atoms with van der Waals surface area (Å²) in [4.78, 5) is 72.7. The number of fused-ring (bicyclic) bond motifs is 6. The zero-order chi connectivity index (χ0) is 50.2. The van der Waals surface area contributed by atoms with Gasteiger partial charge >= 0.3 is 29.8 Å². The number of hydrogen-bond donors (Lipinski definition) is 7. The molecule has 2 saturated heterocycles. The summed E-state index contributed by atoms with van der Waals surface area (Å²) in [6, 6.07) is 11.0. The summed E-state index contributed by atoms with van der Waals surface area (Å²) in [6.45, 7) is 8.62. The van der Waals surface area contributed by atoms with E-state index in [1.54, 1.807) is 7.11 Å². The van der Waals surface area contributed by atoms with Crippen LogP contribution in [0.4, 0.5) is 5.69 Å². The number of carbonyl (C=O) groups is 5. The molecule has 1 aliphatic carbocycles. The number of benzene rings is 2. The van der Waals surface area contributed by atoms with E-state index in [2.05, 4.69) is 39.1 Å². The van der Waals surface area contributed by atoms with Crippen LogP contribution in [-0.2, 0) is 55.4 Å². The maximum atomic E-state index is 15.3. The van der Waals surface area contributed by atoms with Gasteiger partial charge in [0.05, 0.1) is 33.0 Å². The summed E-state index contributed by atoms with van der Waals surface area (Å²) >= 11 is 0. The third-order valence-corrected chi connectivity index (χ3v) is 16.4. The van der Waals surface area contributed by atoms with Gasteiger partial charge in [-0.15, -0.1) is 0 Å². The Bertz CT molecular complexity index is 2560. The van der Waals surface area contributed by atoms with E-state index < -0.39 is 81.6 Å². The Hall–Kier alpha value is -5.57. The van der Waals surface area contributed by atoms with Crippen LogP contribution in [0, 0.1) is 11.3 Å². The van der Waals surface area contributed by atoms with E-state index in [-0.39, 0.29) is 12.0 Å². The fourth-order valence-corrected chi connectivity index (χ4v) is 13.8. The minimum Gasteiger partial charge on any atom is -0.496 e. The Labute approximate surface area is 399 Å². The van der Waals surface area contributed by atoms with Crippen molar-refractivity contribution < 1.29 is 73.6 Å². The number of methoxy groups -OCH3 is 3. The second kappa shape index (κ2) is 18.0. The number of piperidine rings is 1. The molecule has 2 bridgehead atoms. The van der Waals surface area contributed by atoms with E-state index in [4.69, 9.17) is 39.4 Å². The highest BCUT2D eigenvalue weighted by Gasteiger charge is 2.80. The first-order valence-corrected chi connectivity index (χ1v) is 23.5. The number of nitrogens with zero attached hydrogens (tertiary/aromatic N) is 3. The number of nitrogens with one attached hydrogen (secondary N) is 1. The molecule has 7 N–H and O–H groups in total. The largest absolute Gasteiger partial charge is 0.496 e. The summed E-state index contributed by atoms with van der Waals surface area (Å²) < 4.78 is 23.9. The summed E-state index contributed by atoms with van der Waals surface area (Å²) in [7, 11) is 6.15. The van der Waals surface area contributed by atoms with Gasteiger partial charge in [-0.2, -0.15) is 0 Å². The molecule has 1 saturated carbocycles. The van der Waals surface area contributed by atoms with Gasteiger partial charge in [0, 0.05) is 90.9 Å². The molecule has 0 radical (unpaired) electrons. The van der Waals surface area contributed by atoms with E-state index in [0.29, 0.717) is 82.6 Å². The van der Waals surface area contributed by atoms with E-state index in [1.807, 2.05) is 50.1 Å². The average Bonchev–Trinajstić information content (AvgIpc) is 4.00. The molecule has 6 aliphatic rings. The van der Waals surface area contributed by atoms with Crippen molar-refractivity contribution in [1.29, 1.82) is 0 Å². The van der Waals surface area contributed by atoms with E-state index in [9.17, 15) is 29.4 Å². The molecule has 3 fully saturated rings. The Morgan fingerprint density at radius 2 is 1.57 bits per heavy atom. The van der Waals surface area contributed by atoms with E-state index >= 15 is 4.79 Å². The Morgan fingerprint density at radius 3 is 2.17 bits per heavy atom. The van der Waals surface area contributed by atoms with Crippen LogP contribution in [0.1, 0.15) is 75.3 Å². The first kappa shape index (κ1) is 49.8. The maximum absolute atomic E-state index is 15.3. The number of rotatable bonds is 10. The lowest BCUT2D eigenvalue weighted by molar-refractivity contribution is -0.228. The topological polar surface area (TPSA) is 269 Å². The van der Waals surface area contributed by atoms with Crippen LogP contribution in [0.5, 0.6) is 5.75 Å². The maximum Gasteiger partial charge on any atom is 0.344 e. The summed E-state index contributed by atoms with van der Waals surface area (Å²) in [5.74, 6) is -5.10. The Kier molecular flexibility index (Phi) is 13.0. The molecule has 12 atom stereocenters. The van der Waals surface area contributed by atoms with Crippen molar-refractivity contribution in [2.45, 2.75) is 112 Å². The molecule has 3 unspecified atom stereocenters. The van der Waals surface area contributed by atoms with Crippen LogP contribution in [0.15, 0.2) is 48.6 Å². The number of hydrogen-bond acceptors (Lipinski definition) is 16. The van der Waals surface area contributed by atoms with Gasteiger partial charge in [0.2, 0.25) is 5.60 Å². The van der Waals surface area contributed by atoms with Gasteiger partial charge in [-0.05, 0) is 74.2 Å². The van der Waals surface area contributed by atoms with Crippen molar-refractivity contribution in [2.24, 2.45) is 11.3 Å². The molecule has 6 heterocycles. The van der Waals surface area contributed by atoms with Gasteiger partial charge in [-0.3, -0.25) is 19.4 Å². The normalized spacial score (nSPS) is 33.9. The number of aromatic nitrogens is 1. The number of anilines is 1. The molecular weight excluding hydrogens is 897 g/mol. The first-order valence-electron chi connectivity index (χ1n) is 23.5. The smallest absolute Gasteiger partial charge is 0.344 e. The van der Waals surface area contributed by atoms with Crippen molar-refractivity contribution in [3.8, 4) is 5.75 Å². The first-order chi connectivity index (χ1) is 32.7. The standard InChI is InChI=1S/C46H58N4O9.C4H6O6/c1-8-42(54)23-28-24-45(40(52)57-6,36-30(15-19-49(25-28)26-42)29-13-10-11-14-33(29)47-36)32-21-31-34(22-35(32)56-5)48(4)38-44(31)17-20-50-18-12-16-43(9-2,37(44)50)39(59-27(3)51)46(38,55)41(53)58-7;5-1(3(7)8)2(6)4(9)10/h10-14,16,21-22,28,37-39,47,54-55H,8-9,15,17-20,23-26H2,1-7H3;1-2,5-6H,(H,7,8)(H,9,10)/t28-,37-,38+,39+,42-,43+,44+,45-,46-;/m0./s1. The lowest BCUT2D eigenvalue weighted by Crippen LogP contribution is -2.81. The quantitative estimate of drug-likeness (QED) is 0.0869. The van der Waals surface area contributed by atoms with Crippen molar-refractivity contribution in [1.82, 2.24) is 14.8 Å². The number of H-pyrrole nitrogens is 1. The Balaban J connectivity index is 0.000000579. The number of carboxylic acids is 2. The molecule has 9 rings (SSSR count). The molecule has 374 valence electrons. The lowest BCUT2D eigenvalue weighted by Gasteiger charge is -2.63. The third-order valence-electron chi connectivity index (χ3n) is 16.4. The monoisotopic (exact) mass is 960 g/mol. The second-order valence-corrected chi connectivity index (χ2v) is 19.8. The lowest BCUT2D eigenvalue weighted by atomic mass is 9.47. The van der Waals surface area contributed by atoms with Crippen LogP contribution < -0.4 is 9.64 Å². The summed E-state index contributed by atoms with van der Waals surface area (Å²) in [6.07, 6.45) is 1.41. The minimum absolute atomic E-state index is 0.0986. The predicted molar refractivity (Wildman–Crippen MR) is 248 cm³/mol. The predicted octanol–water partition coefficient (Wildman–Crippen LogP) is 1.87. The molecule has 19 heteroatoms. The van der Waals surface area contributed by atoms with Gasteiger partial charge in [0.25, 0.3) is 0 Å². The highest BCUT2D eigenvalue weighted by molar-refractivity contribution is 5.95. The van der Waals surface area contributed by atoms with Crippen LogP contribution in [-0.4, -0.2) is 178 Å². The number of aliphatic carboxylic acids is 2. The third kappa shape index (κ3) is 7.32. The number of ether oxygens (including phenoxy) is 4. The number of aromatic amines is 1. The van der Waals surface area contributed by atoms with Gasteiger partial charge < -0.3 is 59.5 Å². The molecule has 1 aromatic heterocycles. The molecule has 0 amide bonds. The highest BCUT2D eigenvalue weighted by Crippen LogP contribution is 2.68. The van der Waals surface area contributed by atoms with Crippen LogP contribution in [0.3, 0.4) is 0 Å². The molecule has 3 aromatic rings. The summed E-state index contributed by atoms with van der Waals surface area (Å²) in [5, 5.41) is 58.9. The number of carbonyl (C=O) groups excluding carboxylic acids is 3. The number of aliphatic hydroxyl groups excluding tert-OH is 2. The number of likely N-dealkylation sites (N-methyl/N-ethyl adjacent to an activating group) is 1. The van der Waals surface area contributed by atoms with Gasteiger partial charge in [-0.25, -0.2) is 14.4 Å². The van der Waals surface area contributed by atoms with Crippen LogP contribution >= 0.6 is 0 Å². The molecular formula is C50H64N4O15. The molecule has 2 aromatic carbocycles. The molecule has 19 nitrogen and oxygen atoms in total. The fourth-order valence-electron chi connectivity index (χ4n) is 13.8. The van der Waals surface area contributed by atoms with Gasteiger partial charge in [0.1, 0.15) is 11.2 Å². The SMILES string of the molecule is CC[C@]1(O)C[C@@H]2CN(CCc3c([nH]c4ccccc34)[C@@](C(=O)OC)(c3cc4c(cc3OC)N(C)[C@H]3[C@@](O)(C(=O)OC)[C@H](OC(C)=O)[C@]5(CC)C=CCN6CC[C@]43[C@@H]65)C2)C1.O=C(O)C(O)C(O)C(=O)O. The zero-order valence-corrected chi connectivity index (χ0v) is 40.1. The summed E-state index contributed by atoms with van der Waals surface area (Å²) in [5.41, 5.74) is -1.62. The highest BCUT2D eigenvalue weighted by atomic mass is 16.6. The van der Waals surface area contributed by atoms with Crippen LogP contribution in [0.25, 0.3) is 10.9 Å². The zero-order valence-electron chi connectivity index (χ0n) is 40.1. The number of carboxylic acid groups (broad SMARTS) is 2. The molecule has 1 spiro atoms. The minimum atomic E-state index is -2.30. The van der Waals surface area contributed by atoms with E-state index in [1.165, 1.54) is 21.1 Å². The van der Waals surface area contributed by atoms with Crippen molar-refractivity contribution >= 4 is 46.4 Å². The van der Waals surface area contributed by atoms with Crippen molar-refractivity contribution in [3.63, 3.8) is 0 Å². The van der Waals surface area contributed by atoms with Gasteiger partial charge in [0.15, 0.2) is 18.3 Å². The number of para-hydroxylation sites is 1. The fraction of sp³-hybridized carbons (Fsp3) is 0.580.